The lowest BCUT2D eigenvalue weighted by Gasteiger charge is -2.32. The molecule has 7 nitrogen and oxygen atoms in total. The van der Waals surface area contributed by atoms with E-state index in [0.29, 0.717) is 0 Å². The molecule has 10 heteroatoms. The van der Waals surface area contributed by atoms with E-state index in [1.54, 1.807) is 19.1 Å². The van der Waals surface area contributed by atoms with Gasteiger partial charge in [0.2, 0.25) is 11.8 Å². The maximum absolute atomic E-state index is 13.8. The Balaban J connectivity index is 2.04. The maximum atomic E-state index is 13.8. The fraction of sp³-hybridized carbons (Fsp3) is 0.286. The minimum absolute atomic E-state index is 0.0159. The van der Waals surface area contributed by atoms with Crippen LogP contribution >= 0.6 is 23.2 Å². The van der Waals surface area contributed by atoms with Gasteiger partial charge < -0.3 is 10.2 Å². The molecule has 202 valence electrons. The molecular formula is C28H31Cl2N3O4S. The highest BCUT2D eigenvalue weighted by Crippen LogP contribution is 2.31. The Bertz CT molecular complexity index is 1380. The number of hydrogen-bond donors (Lipinski definition) is 1. The molecule has 0 fully saturated rings. The van der Waals surface area contributed by atoms with Crippen molar-refractivity contribution in [1.29, 1.82) is 0 Å². The minimum atomic E-state index is -4.18. The number of anilines is 1. The predicted octanol–water partition coefficient (Wildman–Crippen LogP) is 5.44. The zero-order chi connectivity index (χ0) is 28.0. The highest BCUT2D eigenvalue weighted by Gasteiger charge is 2.32. The SMILES string of the molecule is Cc1ccc(S(=O)(=O)N(CC(=O)N(Cc2ccccc2)C(C)C(=O)NC(C)C)c2ccc(Cl)c(Cl)c2)cc1. The van der Waals surface area contributed by atoms with Crippen LogP contribution in [0, 0.1) is 6.92 Å². The van der Waals surface area contributed by atoms with Crippen molar-refractivity contribution in [3.8, 4) is 0 Å². The molecule has 3 aromatic carbocycles. The number of nitrogens with one attached hydrogen (secondary N) is 1. The van der Waals surface area contributed by atoms with Crippen molar-refractivity contribution in [2.24, 2.45) is 0 Å². The molecule has 1 unspecified atom stereocenters. The Morgan fingerprint density at radius 3 is 2.11 bits per heavy atom. The van der Waals surface area contributed by atoms with Crippen LogP contribution < -0.4 is 9.62 Å². The van der Waals surface area contributed by atoms with Crippen LogP contribution in [-0.2, 0) is 26.2 Å². The van der Waals surface area contributed by atoms with Crippen molar-refractivity contribution in [3.63, 3.8) is 0 Å². The van der Waals surface area contributed by atoms with E-state index in [1.807, 2.05) is 51.1 Å². The third-order valence-electron chi connectivity index (χ3n) is 5.87. The molecule has 0 saturated heterocycles. The molecule has 0 spiro atoms. The molecule has 2 amide bonds. The molecule has 0 heterocycles. The summed E-state index contributed by atoms with van der Waals surface area (Å²) in [5.41, 5.74) is 1.86. The smallest absolute Gasteiger partial charge is 0.264 e. The summed E-state index contributed by atoms with van der Waals surface area (Å²) in [6.07, 6.45) is 0. The number of hydrogen-bond acceptors (Lipinski definition) is 4. The van der Waals surface area contributed by atoms with Crippen molar-refractivity contribution in [1.82, 2.24) is 10.2 Å². The fourth-order valence-electron chi connectivity index (χ4n) is 3.77. The average molecular weight is 577 g/mol. The average Bonchev–Trinajstić information content (AvgIpc) is 2.87. The van der Waals surface area contributed by atoms with Crippen molar-refractivity contribution < 1.29 is 18.0 Å². The Hall–Kier alpha value is -3.07. The molecule has 0 radical (unpaired) electrons. The van der Waals surface area contributed by atoms with Gasteiger partial charge in [0.25, 0.3) is 10.0 Å². The summed E-state index contributed by atoms with van der Waals surface area (Å²) in [4.78, 5) is 28.1. The highest BCUT2D eigenvalue weighted by atomic mass is 35.5. The van der Waals surface area contributed by atoms with Crippen LogP contribution in [0.5, 0.6) is 0 Å². The molecule has 0 aliphatic carbocycles. The lowest BCUT2D eigenvalue weighted by molar-refractivity contribution is -0.139. The minimum Gasteiger partial charge on any atom is -0.352 e. The topological polar surface area (TPSA) is 86.8 Å². The number of nitrogens with zero attached hydrogens (tertiary/aromatic N) is 2. The Morgan fingerprint density at radius 1 is 0.895 bits per heavy atom. The fourth-order valence-corrected chi connectivity index (χ4v) is 5.47. The summed E-state index contributed by atoms with van der Waals surface area (Å²) >= 11 is 12.3. The standard InChI is InChI=1S/C28H31Cl2N3O4S/c1-19(2)31-28(35)21(4)32(17-22-8-6-5-7-9-22)27(34)18-33(23-12-15-25(29)26(30)16-23)38(36,37)24-13-10-20(3)11-14-24/h5-16,19,21H,17-18H2,1-4H3,(H,31,35). The van der Waals surface area contributed by atoms with E-state index in [4.69, 9.17) is 23.2 Å². The van der Waals surface area contributed by atoms with Crippen LogP contribution in [0.25, 0.3) is 0 Å². The number of aryl methyl sites for hydroxylation is 1. The first-order valence-electron chi connectivity index (χ1n) is 12.1. The molecule has 0 aliphatic rings. The summed E-state index contributed by atoms with van der Waals surface area (Å²) in [6.45, 7) is 6.69. The van der Waals surface area contributed by atoms with Gasteiger partial charge in [-0.3, -0.25) is 13.9 Å². The van der Waals surface area contributed by atoms with E-state index in [-0.39, 0.29) is 39.1 Å². The van der Waals surface area contributed by atoms with Gasteiger partial charge in [-0.2, -0.15) is 0 Å². The van der Waals surface area contributed by atoms with Crippen LogP contribution in [0.4, 0.5) is 5.69 Å². The first kappa shape index (κ1) is 29.5. The number of rotatable bonds is 10. The second-order valence-electron chi connectivity index (χ2n) is 9.27. The van der Waals surface area contributed by atoms with Crippen LogP contribution in [-0.4, -0.2) is 43.8 Å². The highest BCUT2D eigenvalue weighted by molar-refractivity contribution is 7.92. The molecule has 0 bridgehead atoms. The summed E-state index contributed by atoms with van der Waals surface area (Å²) < 4.78 is 28.6. The van der Waals surface area contributed by atoms with Gasteiger partial charge in [0.1, 0.15) is 12.6 Å². The quantitative estimate of drug-likeness (QED) is 0.348. The van der Waals surface area contributed by atoms with E-state index in [9.17, 15) is 18.0 Å². The van der Waals surface area contributed by atoms with E-state index >= 15 is 0 Å². The van der Waals surface area contributed by atoms with E-state index in [1.165, 1.54) is 35.2 Å². The second-order valence-corrected chi connectivity index (χ2v) is 11.9. The van der Waals surface area contributed by atoms with Crippen LogP contribution in [0.3, 0.4) is 0 Å². The van der Waals surface area contributed by atoms with Gasteiger partial charge in [-0.25, -0.2) is 8.42 Å². The normalized spacial score (nSPS) is 12.2. The van der Waals surface area contributed by atoms with Crippen LogP contribution in [0.2, 0.25) is 10.0 Å². The van der Waals surface area contributed by atoms with Gasteiger partial charge in [0.05, 0.1) is 20.6 Å². The van der Waals surface area contributed by atoms with E-state index in [0.717, 1.165) is 15.4 Å². The molecule has 0 aliphatic heterocycles. The lowest BCUT2D eigenvalue weighted by Crippen LogP contribution is -2.52. The Morgan fingerprint density at radius 2 is 1.53 bits per heavy atom. The Labute approximate surface area is 234 Å². The summed E-state index contributed by atoms with van der Waals surface area (Å²) in [5, 5.41) is 3.22. The number of carbonyl (C=O) groups is 2. The summed E-state index contributed by atoms with van der Waals surface area (Å²) in [6, 6.07) is 18.9. The summed E-state index contributed by atoms with van der Waals surface area (Å²) in [5.74, 6) is -0.895. The Kier molecular flexibility index (Phi) is 9.82. The number of halogens is 2. The third-order valence-corrected chi connectivity index (χ3v) is 8.40. The third kappa shape index (κ3) is 7.28. The first-order valence-corrected chi connectivity index (χ1v) is 14.3. The molecule has 1 N–H and O–H groups in total. The molecule has 3 rings (SSSR count). The monoisotopic (exact) mass is 575 g/mol. The molecular weight excluding hydrogens is 545 g/mol. The lowest BCUT2D eigenvalue weighted by atomic mass is 10.1. The second kappa shape index (κ2) is 12.7. The number of carbonyl (C=O) groups excluding carboxylic acids is 2. The van der Waals surface area contributed by atoms with Crippen LogP contribution in [0.15, 0.2) is 77.7 Å². The zero-order valence-electron chi connectivity index (χ0n) is 21.7. The molecule has 1 atom stereocenters. The van der Waals surface area contributed by atoms with Crippen molar-refractivity contribution in [2.75, 3.05) is 10.8 Å². The van der Waals surface area contributed by atoms with Gasteiger partial charge in [-0.05, 0) is 63.6 Å². The van der Waals surface area contributed by atoms with E-state index in [2.05, 4.69) is 5.32 Å². The van der Waals surface area contributed by atoms with Gasteiger partial charge in [0.15, 0.2) is 0 Å². The largest absolute Gasteiger partial charge is 0.352 e. The van der Waals surface area contributed by atoms with Crippen molar-refractivity contribution in [2.45, 2.75) is 51.2 Å². The van der Waals surface area contributed by atoms with Crippen LogP contribution in [0.1, 0.15) is 31.9 Å². The van der Waals surface area contributed by atoms with Gasteiger partial charge in [-0.1, -0.05) is 71.2 Å². The zero-order valence-corrected chi connectivity index (χ0v) is 24.0. The molecule has 0 saturated carbocycles. The molecule has 0 aromatic heterocycles. The van der Waals surface area contributed by atoms with Crippen molar-refractivity contribution >= 4 is 50.7 Å². The van der Waals surface area contributed by atoms with Gasteiger partial charge >= 0.3 is 0 Å². The maximum Gasteiger partial charge on any atom is 0.264 e. The number of amides is 2. The molecule has 3 aromatic rings. The van der Waals surface area contributed by atoms with Gasteiger partial charge in [0, 0.05) is 12.6 Å². The van der Waals surface area contributed by atoms with E-state index < -0.39 is 28.5 Å². The summed E-state index contributed by atoms with van der Waals surface area (Å²) in [7, 11) is -4.18. The van der Waals surface area contributed by atoms with Gasteiger partial charge in [-0.15, -0.1) is 0 Å². The number of benzene rings is 3. The first-order chi connectivity index (χ1) is 17.9. The van der Waals surface area contributed by atoms with Crippen molar-refractivity contribution in [3.05, 3.63) is 94.0 Å². The molecule has 38 heavy (non-hydrogen) atoms. The predicted molar refractivity (Wildman–Crippen MR) is 152 cm³/mol. The number of sulfonamides is 1.